The molecule has 0 bridgehead atoms. The number of aryl methyl sites for hydroxylation is 3. The maximum atomic E-state index is 14.3. The van der Waals surface area contributed by atoms with E-state index in [2.05, 4.69) is 35.2 Å². The second-order valence-corrected chi connectivity index (χ2v) is 9.85. The number of nitrogens with one attached hydrogen (secondary N) is 1. The van der Waals surface area contributed by atoms with E-state index in [9.17, 15) is 13.6 Å². The van der Waals surface area contributed by atoms with Crippen LogP contribution in [0.5, 0.6) is 0 Å². The van der Waals surface area contributed by atoms with Gasteiger partial charge in [0.25, 0.3) is 12.3 Å². The van der Waals surface area contributed by atoms with E-state index in [1.807, 2.05) is 29.9 Å². The molecule has 8 heteroatoms. The molecule has 5 rings (SSSR count). The first-order chi connectivity index (χ1) is 17.2. The monoisotopic (exact) mass is 491 g/mol. The van der Waals surface area contributed by atoms with E-state index in [4.69, 9.17) is 0 Å². The van der Waals surface area contributed by atoms with E-state index in [-0.39, 0.29) is 17.4 Å². The van der Waals surface area contributed by atoms with Crippen LogP contribution >= 0.6 is 0 Å². The fourth-order valence-electron chi connectivity index (χ4n) is 5.39. The molecule has 0 radical (unpaired) electrons. The number of benzene rings is 2. The second kappa shape index (κ2) is 9.08. The lowest BCUT2D eigenvalue weighted by Gasteiger charge is -2.33. The molecule has 0 aliphatic carbocycles. The fourth-order valence-corrected chi connectivity index (χ4v) is 5.39. The number of aromatic nitrogens is 3. The Kier molecular flexibility index (Phi) is 6.06. The van der Waals surface area contributed by atoms with Crippen molar-refractivity contribution in [3.05, 3.63) is 65.1 Å². The smallest absolute Gasteiger partial charge is 0.264 e. The molecule has 0 atom stereocenters. The number of amides is 1. The molecule has 36 heavy (non-hydrogen) atoms. The minimum atomic E-state index is -2.61. The molecule has 1 aliphatic rings. The lowest BCUT2D eigenvalue weighted by atomic mass is 9.92. The highest BCUT2D eigenvalue weighted by Gasteiger charge is 2.26. The molecule has 188 valence electrons. The number of fused-ring (bicyclic) bond motifs is 2. The van der Waals surface area contributed by atoms with E-state index in [1.165, 1.54) is 0 Å². The van der Waals surface area contributed by atoms with Crippen molar-refractivity contribution < 1.29 is 13.6 Å². The van der Waals surface area contributed by atoms with Crippen LogP contribution in [0.25, 0.3) is 22.0 Å². The number of rotatable bonds is 5. The van der Waals surface area contributed by atoms with Gasteiger partial charge in [-0.15, -0.1) is 0 Å². The normalized spacial score (nSPS) is 13.6. The van der Waals surface area contributed by atoms with Crippen molar-refractivity contribution in [2.75, 3.05) is 18.5 Å². The Morgan fingerprint density at radius 3 is 2.50 bits per heavy atom. The number of nitrogens with zero attached hydrogens (tertiary/aromatic N) is 4. The topological polar surface area (TPSA) is 55.1 Å². The first kappa shape index (κ1) is 24.0. The Morgan fingerprint density at radius 1 is 1.08 bits per heavy atom. The second-order valence-electron chi connectivity index (χ2n) is 9.85. The van der Waals surface area contributed by atoms with E-state index < -0.39 is 6.43 Å². The van der Waals surface area contributed by atoms with Gasteiger partial charge in [0, 0.05) is 68.0 Å². The highest BCUT2D eigenvalue weighted by Crippen LogP contribution is 2.43. The highest BCUT2D eigenvalue weighted by atomic mass is 19.3. The van der Waals surface area contributed by atoms with Gasteiger partial charge in [-0.1, -0.05) is 13.8 Å². The summed E-state index contributed by atoms with van der Waals surface area (Å²) in [5.41, 5.74) is 6.72. The number of hydrogen-bond acceptors (Lipinski definition) is 3. The van der Waals surface area contributed by atoms with Crippen LogP contribution in [0.4, 0.5) is 20.2 Å². The van der Waals surface area contributed by atoms with E-state index in [1.54, 1.807) is 37.2 Å². The van der Waals surface area contributed by atoms with Gasteiger partial charge < -0.3 is 14.8 Å². The zero-order chi connectivity index (χ0) is 25.7. The zero-order valence-corrected chi connectivity index (χ0v) is 21.3. The largest absolute Gasteiger partial charge is 0.355 e. The Balaban J connectivity index is 1.71. The van der Waals surface area contributed by atoms with Crippen molar-refractivity contribution in [2.45, 2.75) is 39.0 Å². The third-order valence-corrected chi connectivity index (χ3v) is 7.12. The summed E-state index contributed by atoms with van der Waals surface area (Å²) in [7, 11) is 5.36. The highest BCUT2D eigenvalue weighted by molar-refractivity contribution is 6.08. The van der Waals surface area contributed by atoms with Gasteiger partial charge in [-0.05, 0) is 59.7 Å². The molecular formula is C28H31F2N5O. The number of anilines is 2. The van der Waals surface area contributed by atoms with Gasteiger partial charge in [0.05, 0.1) is 17.3 Å². The van der Waals surface area contributed by atoms with E-state index >= 15 is 0 Å². The molecule has 0 unspecified atom stereocenters. The molecule has 1 aliphatic heterocycles. The summed E-state index contributed by atoms with van der Waals surface area (Å²) < 4.78 is 32.2. The Labute approximate surface area is 209 Å². The summed E-state index contributed by atoms with van der Waals surface area (Å²) in [5.74, 6) is 0.0695. The van der Waals surface area contributed by atoms with E-state index in [0.29, 0.717) is 23.2 Å². The molecular weight excluding hydrogens is 460 g/mol. The maximum absolute atomic E-state index is 14.3. The zero-order valence-electron chi connectivity index (χ0n) is 21.3. The van der Waals surface area contributed by atoms with Crippen molar-refractivity contribution in [3.8, 4) is 11.1 Å². The Bertz CT molecular complexity index is 1470. The molecule has 2 aromatic carbocycles. The molecule has 0 saturated heterocycles. The number of carbonyl (C=O) groups is 1. The predicted octanol–water partition coefficient (Wildman–Crippen LogP) is 6.08. The van der Waals surface area contributed by atoms with Crippen molar-refractivity contribution >= 4 is 28.2 Å². The van der Waals surface area contributed by atoms with E-state index in [0.717, 1.165) is 46.2 Å². The summed E-state index contributed by atoms with van der Waals surface area (Å²) in [6.07, 6.45) is 4.37. The number of carbonyl (C=O) groups excluding carboxylic acids is 1. The third-order valence-electron chi connectivity index (χ3n) is 7.12. The molecule has 1 amide bonds. The van der Waals surface area contributed by atoms with Gasteiger partial charge in [0.15, 0.2) is 0 Å². The van der Waals surface area contributed by atoms with Gasteiger partial charge in [-0.2, -0.15) is 5.10 Å². The summed E-state index contributed by atoms with van der Waals surface area (Å²) >= 11 is 0. The predicted molar refractivity (Wildman–Crippen MR) is 139 cm³/mol. The van der Waals surface area contributed by atoms with Crippen LogP contribution in [0.15, 0.2) is 42.9 Å². The molecule has 0 fully saturated rings. The average Bonchev–Trinajstić information content (AvgIpc) is 3.44. The Morgan fingerprint density at radius 2 is 1.86 bits per heavy atom. The van der Waals surface area contributed by atoms with Gasteiger partial charge in [-0.3, -0.25) is 9.48 Å². The van der Waals surface area contributed by atoms with Gasteiger partial charge >= 0.3 is 0 Å². The maximum Gasteiger partial charge on any atom is 0.264 e. The lowest BCUT2D eigenvalue weighted by Crippen LogP contribution is -2.25. The number of alkyl halides is 2. The number of halogens is 2. The first-order valence-electron chi connectivity index (χ1n) is 12.3. The summed E-state index contributed by atoms with van der Waals surface area (Å²) in [4.78, 5) is 14.8. The van der Waals surface area contributed by atoms with Crippen LogP contribution in [0.2, 0.25) is 0 Å². The molecule has 3 heterocycles. The van der Waals surface area contributed by atoms with Gasteiger partial charge in [-0.25, -0.2) is 8.78 Å². The van der Waals surface area contributed by atoms with Gasteiger partial charge in [0.1, 0.15) is 0 Å². The minimum Gasteiger partial charge on any atom is -0.355 e. The minimum absolute atomic E-state index is 0.00423. The molecule has 1 N–H and O–H groups in total. The van der Waals surface area contributed by atoms with Crippen LogP contribution in [0.1, 0.15) is 59.7 Å². The standard InChI is InChI=1S/C28H31F2N5O/c1-16(2)20-10-19(11-22-24(28(36)31-3)15-33(4)26(20)22)35-8-6-7-17-9-21(18-13-32-34(5)14-18)23(27(29)30)12-25(17)35/h9-16,27H,6-8H2,1-5H3,(H,31,36). The van der Waals surface area contributed by atoms with Crippen molar-refractivity contribution in [1.29, 1.82) is 0 Å². The Hall–Kier alpha value is -3.68. The van der Waals surface area contributed by atoms with Crippen molar-refractivity contribution in [2.24, 2.45) is 14.1 Å². The van der Waals surface area contributed by atoms with Crippen molar-refractivity contribution in [3.63, 3.8) is 0 Å². The van der Waals surface area contributed by atoms with Crippen LogP contribution < -0.4 is 10.2 Å². The average molecular weight is 492 g/mol. The molecule has 4 aromatic rings. The summed E-state index contributed by atoms with van der Waals surface area (Å²) in [5, 5.41) is 7.79. The molecule has 0 spiro atoms. The van der Waals surface area contributed by atoms with Gasteiger partial charge in [0.2, 0.25) is 0 Å². The van der Waals surface area contributed by atoms with Crippen molar-refractivity contribution in [1.82, 2.24) is 19.7 Å². The third kappa shape index (κ3) is 3.94. The van der Waals surface area contributed by atoms with Crippen LogP contribution in [0, 0.1) is 0 Å². The fraction of sp³-hybridized carbons (Fsp3) is 0.357. The summed E-state index contributed by atoms with van der Waals surface area (Å²) in [6.45, 7) is 4.97. The quantitative estimate of drug-likeness (QED) is 0.368. The SMILES string of the molecule is CNC(=O)c1cn(C)c2c(C(C)C)cc(N3CCCc4cc(-c5cnn(C)c5)c(C(F)F)cc43)cc12. The molecule has 2 aromatic heterocycles. The molecule has 6 nitrogen and oxygen atoms in total. The van der Waals surface area contributed by atoms with Crippen LogP contribution in [-0.2, 0) is 20.5 Å². The summed E-state index contributed by atoms with van der Waals surface area (Å²) in [6, 6.07) is 7.72. The lowest BCUT2D eigenvalue weighted by molar-refractivity contribution is 0.0964. The number of hydrogen-bond donors (Lipinski definition) is 1. The van der Waals surface area contributed by atoms with Crippen LogP contribution in [0.3, 0.4) is 0 Å². The van der Waals surface area contributed by atoms with Crippen LogP contribution in [-0.4, -0.2) is 33.8 Å². The first-order valence-corrected chi connectivity index (χ1v) is 12.3. The molecule has 0 saturated carbocycles.